The highest BCUT2D eigenvalue weighted by atomic mass is 19.2. The zero-order valence-electron chi connectivity index (χ0n) is 11.2. The molecule has 1 aliphatic heterocycles. The Hall–Kier alpha value is -1.88. The van der Waals surface area contributed by atoms with Crippen LogP contribution in [0.5, 0.6) is 0 Å². The highest BCUT2D eigenvalue weighted by molar-refractivity contribution is 5.22. The Kier molecular flexibility index (Phi) is 3.44. The van der Waals surface area contributed by atoms with Gasteiger partial charge >= 0.3 is 0 Å². The minimum absolute atomic E-state index is 0.602. The molecule has 0 saturated heterocycles. The average molecular weight is 275 g/mol. The molecule has 104 valence electrons. The van der Waals surface area contributed by atoms with Gasteiger partial charge in [-0.15, -0.1) is 0 Å². The van der Waals surface area contributed by atoms with Crippen molar-refractivity contribution in [3.8, 4) is 0 Å². The first-order valence-electron chi connectivity index (χ1n) is 6.59. The van der Waals surface area contributed by atoms with Crippen LogP contribution in [0.2, 0.25) is 0 Å². The Morgan fingerprint density at radius 3 is 2.90 bits per heavy atom. The first-order valence-corrected chi connectivity index (χ1v) is 6.59. The van der Waals surface area contributed by atoms with Crippen LogP contribution in [-0.2, 0) is 19.5 Å². The summed E-state index contributed by atoms with van der Waals surface area (Å²) in [5.41, 5.74) is 2.99. The smallest absolute Gasteiger partial charge is 0.159 e. The first-order chi connectivity index (χ1) is 9.61. The van der Waals surface area contributed by atoms with E-state index in [1.54, 1.807) is 6.07 Å². The molecule has 1 aromatic heterocycles. The molecule has 20 heavy (non-hydrogen) atoms. The molecule has 0 saturated carbocycles. The van der Waals surface area contributed by atoms with E-state index in [9.17, 15) is 8.78 Å². The van der Waals surface area contributed by atoms with E-state index in [-0.39, 0.29) is 0 Å². The van der Waals surface area contributed by atoms with Gasteiger partial charge in [0.2, 0.25) is 0 Å². The summed E-state index contributed by atoms with van der Waals surface area (Å²) in [5, 5.41) is 0. The van der Waals surface area contributed by atoms with E-state index in [0.717, 1.165) is 42.2 Å². The van der Waals surface area contributed by atoms with Crippen LogP contribution in [0.3, 0.4) is 0 Å². The van der Waals surface area contributed by atoms with Crippen LogP contribution in [0.1, 0.15) is 22.6 Å². The van der Waals surface area contributed by atoms with Crippen LogP contribution >= 0.6 is 0 Å². The molecule has 0 spiro atoms. The minimum atomic E-state index is -0.804. The molecule has 2 heterocycles. The summed E-state index contributed by atoms with van der Waals surface area (Å²) in [6.07, 6.45) is 2.72. The van der Waals surface area contributed by atoms with E-state index in [4.69, 9.17) is 0 Å². The second-order valence-electron chi connectivity index (χ2n) is 5.10. The lowest BCUT2D eigenvalue weighted by atomic mass is 10.1. The predicted molar refractivity (Wildman–Crippen MR) is 70.9 cm³/mol. The fourth-order valence-corrected chi connectivity index (χ4v) is 2.51. The molecule has 0 atom stereocenters. The largest absolute Gasteiger partial charge is 0.294 e. The van der Waals surface area contributed by atoms with Crippen molar-refractivity contribution in [3.63, 3.8) is 0 Å². The lowest BCUT2D eigenvalue weighted by Crippen LogP contribution is -2.31. The first kappa shape index (κ1) is 13.1. The summed E-state index contributed by atoms with van der Waals surface area (Å²) < 4.78 is 26.1. The number of hydrogen-bond acceptors (Lipinski definition) is 3. The maximum Gasteiger partial charge on any atom is 0.159 e. The van der Waals surface area contributed by atoms with Gasteiger partial charge in [-0.3, -0.25) is 4.90 Å². The molecule has 1 aromatic carbocycles. The molecule has 5 heteroatoms. The Balaban J connectivity index is 1.74. The van der Waals surface area contributed by atoms with Crippen LogP contribution < -0.4 is 0 Å². The van der Waals surface area contributed by atoms with E-state index >= 15 is 0 Å². The van der Waals surface area contributed by atoms with Crippen molar-refractivity contribution in [2.45, 2.75) is 26.4 Å². The summed E-state index contributed by atoms with van der Waals surface area (Å²) in [4.78, 5) is 10.8. The summed E-state index contributed by atoms with van der Waals surface area (Å²) in [6, 6.07) is 4.06. The Morgan fingerprint density at radius 1 is 1.25 bits per heavy atom. The molecule has 1 aliphatic rings. The van der Waals surface area contributed by atoms with Gasteiger partial charge in [-0.25, -0.2) is 18.7 Å². The van der Waals surface area contributed by atoms with E-state index in [2.05, 4.69) is 14.9 Å². The fourth-order valence-electron chi connectivity index (χ4n) is 2.51. The van der Waals surface area contributed by atoms with E-state index in [0.29, 0.717) is 6.54 Å². The summed E-state index contributed by atoms with van der Waals surface area (Å²) in [5.74, 6) is -0.807. The molecule has 0 unspecified atom stereocenters. The van der Waals surface area contributed by atoms with Crippen molar-refractivity contribution in [2.24, 2.45) is 0 Å². The standard InChI is InChI=1S/C15H15F2N3/c1-10-18-7-12-9-20(5-4-15(12)19-10)8-11-2-3-13(16)14(17)6-11/h2-3,6-7H,4-5,8-9H2,1H3. The summed E-state index contributed by atoms with van der Waals surface area (Å²) in [7, 11) is 0. The predicted octanol–water partition coefficient (Wildman–Crippen LogP) is 2.62. The van der Waals surface area contributed by atoms with Crippen molar-refractivity contribution < 1.29 is 8.78 Å². The van der Waals surface area contributed by atoms with Crippen molar-refractivity contribution in [1.82, 2.24) is 14.9 Å². The lowest BCUT2D eigenvalue weighted by molar-refractivity contribution is 0.242. The Morgan fingerprint density at radius 2 is 2.10 bits per heavy atom. The number of fused-ring (bicyclic) bond motifs is 1. The Labute approximate surface area is 116 Å². The molecule has 0 aliphatic carbocycles. The van der Waals surface area contributed by atoms with Crippen LogP contribution in [0, 0.1) is 18.6 Å². The fraction of sp³-hybridized carbons (Fsp3) is 0.333. The molecule has 2 aromatic rings. The molecular formula is C15H15F2N3. The maximum atomic E-state index is 13.2. The topological polar surface area (TPSA) is 29.0 Å². The summed E-state index contributed by atoms with van der Waals surface area (Å²) >= 11 is 0. The third-order valence-electron chi connectivity index (χ3n) is 3.52. The number of aromatic nitrogens is 2. The van der Waals surface area contributed by atoms with Gasteiger partial charge in [0.15, 0.2) is 11.6 Å². The van der Waals surface area contributed by atoms with Gasteiger partial charge < -0.3 is 0 Å². The highest BCUT2D eigenvalue weighted by Crippen LogP contribution is 2.19. The van der Waals surface area contributed by atoms with Crippen molar-refractivity contribution in [1.29, 1.82) is 0 Å². The number of nitrogens with zero attached hydrogens (tertiary/aromatic N) is 3. The SMILES string of the molecule is Cc1ncc2c(n1)CCN(Cc1ccc(F)c(F)c1)C2. The number of benzene rings is 1. The molecule has 0 N–H and O–H groups in total. The number of halogens is 2. The summed E-state index contributed by atoms with van der Waals surface area (Å²) in [6.45, 7) is 4.09. The van der Waals surface area contributed by atoms with Gasteiger partial charge in [0, 0.05) is 43.5 Å². The molecule has 0 radical (unpaired) electrons. The molecule has 0 bridgehead atoms. The van der Waals surface area contributed by atoms with E-state index < -0.39 is 11.6 Å². The van der Waals surface area contributed by atoms with Crippen LogP contribution in [0.4, 0.5) is 8.78 Å². The number of rotatable bonds is 2. The van der Waals surface area contributed by atoms with Crippen LogP contribution in [0.25, 0.3) is 0 Å². The molecule has 3 nitrogen and oxygen atoms in total. The van der Waals surface area contributed by atoms with Gasteiger partial charge in [0.25, 0.3) is 0 Å². The van der Waals surface area contributed by atoms with Gasteiger partial charge in [-0.05, 0) is 24.6 Å². The normalized spacial score (nSPS) is 15.2. The maximum absolute atomic E-state index is 13.2. The number of aryl methyl sites for hydroxylation is 1. The molecule has 0 fully saturated rings. The molecular weight excluding hydrogens is 260 g/mol. The molecule has 3 rings (SSSR count). The Bertz CT molecular complexity index is 643. The van der Waals surface area contributed by atoms with Crippen LogP contribution in [0.15, 0.2) is 24.4 Å². The quantitative estimate of drug-likeness (QED) is 0.843. The third kappa shape index (κ3) is 2.67. The monoisotopic (exact) mass is 275 g/mol. The third-order valence-corrected chi connectivity index (χ3v) is 3.52. The average Bonchev–Trinajstić information content (AvgIpc) is 2.43. The van der Waals surface area contributed by atoms with E-state index in [1.807, 2.05) is 13.1 Å². The zero-order chi connectivity index (χ0) is 14.1. The van der Waals surface area contributed by atoms with Gasteiger partial charge in [0.05, 0.1) is 0 Å². The highest BCUT2D eigenvalue weighted by Gasteiger charge is 2.18. The van der Waals surface area contributed by atoms with Crippen molar-refractivity contribution in [2.75, 3.05) is 6.54 Å². The van der Waals surface area contributed by atoms with Crippen LogP contribution in [-0.4, -0.2) is 21.4 Å². The second-order valence-corrected chi connectivity index (χ2v) is 5.10. The van der Waals surface area contributed by atoms with Crippen molar-refractivity contribution >= 4 is 0 Å². The van der Waals surface area contributed by atoms with Crippen molar-refractivity contribution in [3.05, 3.63) is 58.7 Å². The van der Waals surface area contributed by atoms with E-state index in [1.165, 1.54) is 12.1 Å². The van der Waals surface area contributed by atoms with Gasteiger partial charge in [-0.1, -0.05) is 6.07 Å². The number of hydrogen-bond donors (Lipinski definition) is 0. The lowest BCUT2D eigenvalue weighted by Gasteiger charge is -2.28. The molecule has 0 amide bonds. The second kappa shape index (κ2) is 5.25. The van der Waals surface area contributed by atoms with Gasteiger partial charge in [0.1, 0.15) is 5.82 Å². The minimum Gasteiger partial charge on any atom is -0.294 e. The van der Waals surface area contributed by atoms with Gasteiger partial charge in [-0.2, -0.15) is 0 Å². The zero-order valence-corrected chi connectivity index (χ0v) is 11.2.